The maximum absolute atomic E-state index is 13.4. The van der Waals surface area contributed by atoms with Gasteiger partial charge in [-0.25, -0.2) is 5.84 Å². The Labute approximate surface area is 280 Å². The number of methoxy groups -OCH3 is 1. The van der Waals surface area contributed by atoms with Gasteiger partial charge < -0.3 is 25.2 Å². The van der Waals surface area contributed by atoms with Gasteiger partial charge in [-0.3, -0.25) is 14.8 Å². The fraction of sp³-hybridized carbons (Fsp3) is 0.444. The molecule has 0 bridgehead atoms. The summed E-state index contributed by atoms with van der Waals surface area (Å²) < 4.78 is 14.1. The van der Waals surface area contributed by atoms with Crippen molar-refractivity contribution in [1.29, 1.82) is 0 Å². The van der Waals surface area contributed by atoms with Crippen LogP contribution in [-0.2, 0) is 16.6 Å². The molecule has 0 aliphatic heterocycles. The van der Waals surface area contributed by atoms with Gasteiger partial charge in [0, 0.05) is 48.7 Å². The van der Waals surface area contributed by atoms with Gasteiger partial charge in [-0.2, -0.15) is 0 Å². The fourth-order valence-electron chi connectivity index (χ4n) is 4.47. The van der Waals surface area contributed by atoms with E-state index in [2.05, 4.69) is 56.6 Å². The third kappa shape index (κ3) is 11.6. The van der Waals surface area contributed by atoms with Crippen molar-refractivity contribution in [3.05, 3.63) is 82.8 Å². The highest BCUT2D eigenvalue weighted by Crippen LogP contribution is 2.39. The van der Waals surface area contributed by atoms with Crippen molar-refractivity contribution >= 4 is 40.6 Å². The number of benzene rings is 2. The third-order valence-electron chi connectivity index (χ3n) is 7.01. The molecule has 0 aliphatic rings. The second kappa shape index (κ2) is 19.1. The van der Waals surface area contributed by atoms with Gasteiger partial charge >= 0.3 is 0 Å². The molecule has 0 atom stereocenters. The highest BCUT2D eigenvalue weighted by atomic mass is 32.2. The van der Waals surface area contributed by atoms with Crippen LogP contribution in [0.5, 0.6) is 5.75 Å². The van der Waals surface area contributed by atoms with E-state index in [0.29, 0.717) is 28.4 Å². The summed E-state index contributed by atoms with van der Waals surface area (Å²) in [4.78, 5) is 17.9. The highest BCUT2D eigenvalue weighted by molar-refractivity contribution is 7.99. The molecule has 10 heteroatoms. The number of hydrogen-bond acceptors (Lipinski definition) is 9. The molecule has 0 fully saturated rings. The number of nitrogens with one attached hydrogen (secondary N) is 2. The van der Waals surface area contributed by atoms with E-state index < -0.39 is 0 Å². The molecule has 0 saturated heterocycles. The van der Waals surface area contributed by atoms with E-state index >= 15 is 0 Å². The molecule has 252 valence electrons. The van der Waals surface area contributed by atoms with E-state index in [-0.39, 0.29) is 11.3 Å². The van der Waals surface area contributed by atoms with Crippen LogP contribution in [-0.4, -0.2) is 37.5 Å². The Morgan fingerprint density at radius 3 is 2.20 bits per heavy atom. The normalized spacial score (nSPS) is 11.4. The van der Waals surface area contributed by atoms with Crippen LogP contribution in [0.1, 0.15) is 93.5 Å². The summed E-state index contributed by atoms with van der Waals surface area (Å²) in [6, 6.07) is 13.3. The Morgan fingerprint density at radius 2 is 1.65 bits per heavy atom. The topological polar surface area (TPSA) is 128 Å². The molecule has 0 unspecified atom stereocenters. The lowest BCUT2D eigenvalue weighted by molar-refractivity contribution is 0.102. The summed E-state index contributed by atoms with van der Waals surface area (Å²) in [5.41, 5.74) is 12.9. The number of hydrazine groups is 1. The van der Waals surface area contributed by atoms with E-state index in [1.807, 2.05) is 43.5 Å². The summed E-state index contributed by atoms with van der Waals surface area (Å²) in [6.07, 6.45) is 9.55. The van der Waals surface area contributed by atoms with Gasteiger partial charge in [-0.15, -0.1) is 0 Å². The number of carbonyl (C=O) groups excluding carboxylic acids is 1. The van der Waals surface area contributed by atoms with Crippen molar-refractivity contribution < 1.29 is 14.3 Å². The number of ether oxygens (including phenoxy) is 2. The van der Waals surface area contributed by atoms with Gasteiger partial charge in [0.1, 0.15) is 0 Å². The Morgan fingerprint density at radius 1 is 1.00 bits per heavy atom. The summed E-state index contributed by atoms with van der Waals surface area (Å²) in [7, 11) is 1.59. The molecular formula is C36H54N6O3S. The lowest BCUT2D eigenvalue weighted by atomic mass is 9.86. The van der Waals surface area contributed by atoms with E-state index in [1.54, 1.807) is 31.6 Å². The summed E-state index contributed by atoms with van der Waals surface area (Å²) in [6.45, 7) is 16.5. The van der Waals surface area contributed by atoms with Gasteiger partial charge in [-0.1, -0.05) is 66.0 Å². The first-order chi connectivity index (χ1) is 21.9. The van der Waals surface area contributed by atoms with E-state index in [1.165, 1.54) is 17.0 Å². The highest BCUT2D eigenvalue weighted by Gasteiger charge is 2.21. The van der Waals surface area contributed by atoms with Crippen LogP contribution in [0.3, 0.4) is 0 Å². The smallest absolute Gasteiger partial charge is 0.255 e. The molecule has 3 rings (SSSR count). The average Bonchev–Trinajstić information content (AvgIpc) is 3.02. The third-order valence-corrected chi connectivity index (χ3v) is 7.43. The number of aryl methyl sites for hydroxylation is 2. The van der Waals surface area contributed by atoms with Crippen LogP contribution in [0.25, 0.3) is 5.70 Å². The van der Waals surface area contributed by atoms with Gasteiger partial charge in [0.25, 0.3) is 5.91 Å². The number of nitrogens with two attached hydrogens (primary N) is 2. The Balaban J connectivity index is 0.000000942. The zero-order chi connectivity index (χ0) is 34.3. The lowest BCUT2D eigenvalue weighted by Gasteiger charge is -2.24. The predicted octanol–water partition coefficient (Wildman–Crippen LogP) is 8.05. The van der Waals surface area contributed by atoms with Crippen LogP contribution in [0.2, 0.25) is 0 Å². The van der Waals surface area contributed by atoms with E-state index in [9.17, 15) is 4.79 Å². The van der Waals surface area contributed by atoms with Crippen LogP contribution in [0.15, 0.2) is 54.9 Å². The number of carbonyl (C=O) groups is 1. The first kappa shape index (κ1) is 38.5. The molecule has 1 aromatic heterocycles. The molecule has 0 radical (unpaired) electrons. The summed E-state index contributed by atoms with van der Waals surface area (Å²) in [5, 5.41) is 4.47. The van der Waals surface area contributed by atoms with Gasteiger partial charge in [0.2, 0.25) is 0 Å². The molecule has 1 amide bonds. The SMILES string of the molecule is CCCOCCC.CCCc1ccc(/C(N)=C/N(N)c2cc(C(=O)Nc3cc(C(C)(C)C)cc(NSC)c3OC)ccc2C)cn1. The second-order valence-corrected chi connectivity index (χ2v) is 12.6. The first-order valence-corrected chi connectivity index (χ1v) is 17.1. The standard InChI is InChI=1S/C30H40N6O2S.C6H14O/c1-8-9-23-13-12-21(17-33-23)24(31)18-36(32)27-14-20(11-10-19(27)2)29(37)34-25-15-22(30(3,4)5)16-26(35-39-7)28(25)38-6;1-3-5-7-6-4-2/h10-18,35H,8-9,31-32H2,1-7H3,(H,34,37);3-6H2,1-2H3/b24-18-;. The summed E-state index contributed by atoms with van der Waals surface area (Å²) in [5.74, 6) is 6.68. The number of hydrogen-bond donors (Lipinski definition) is 4. The average molecular weight is 651 g/mol. The Hall–Kier alpha value is -3.73. The van der Waals surface area contributed by atoms with Crippen molar-refractivity contribution in [3.8, 4) is 5.75 Å². The zero-order valence-electron chi connectivity index (χ0n) is 29.1. The van der Waals surface area contributed by atoms with Crippen molar-refractivity contribution in [1.82, 2.24) is 4.98 Å². The predicted molar refractivity (Wildman–Crippen MR) is 196 cm³/mol. The number of amides is 1. The van der Waals surface area contributed by atoms with Gasteiger partial charge in [0.15, 0.2) is 5.75 Å². The molecule has 0 spiro atoms. The van der Waals surface area contributed by atoms with E-state index in [0.717, 1.165) is 67.0 Å². The van der Waals surface area contributed by atoms with Gasteiger partial charge in [0.05, 0.1) is 29.9 Å². The van der Waals surface area contributed by atoms with Crippen molar-refractivity contribution in [2.45, 2.75) is 79.6 Å². The second-order valence-electron chi connectivity index (χ2n) is 12.0. The van der Waals surface area contributed by atoms with Gasteiger partial charge in [-0.05, 0) is 79.1 Å². The Kier molecular flexibility index (Phi) is 15.9. The molecule has 0 aliphatic carbocycles. The lowest BCUT2D eigenvalue weighted by Crippen LogP contribution is -2.27. The minimum absolute atomic E-state index is 0.129. The molecule has 46 heavy (non-hydrogen) atoms. The van der Waals surface area contributed by atoms with Crippen molar-refractivity contribution in [3.63, 3.8) is 0 Å². The van der Waals surface area contributed by atoms with Crippen molar-refractivity contribution in [2.24, 2.45) is 11.6 Å². The van der Waals surface area contributed by atoms with Crippen molar-refractivity contribution in [2.75, 3.05) is 41.6 Å². The molecule has 1 heterocycles. The number of nitrogens with zero attached hydrogens (tertiary/aromatic N) is 2. The molecule has 9 nitrogen and oxygen atoms in total. The molecule has 2 aromatic carbocycles. The molecular weight excluding hydrogens is 597 g/mol. The minimum atomic E-state index is -0.281. The maximum Gasteiger partial charge on any atom is 0.255 e. The molecule has 0 saturated carbocycles. The van der Waals surface area contributed by atoms with Crippen LogP contribution in [0.4, 0.5) is 17.1 Å². The summed E-state index contributed by atoms with van der Waals surface area (Å²) >= 11 is 1.46. The minimum Gasteiger partial charge on any atom is -0.492 e. The van der Waals surface area contributed by atoms with Crippen LogP contribution < -0.4 is 31.4 Å². The zero-order valence-corrected chi connectivity index (χ0v) is 29.9. The largest absolute Gasteiger partial charge is 0.492 e. The Bertz CT molecular complexity index is 1420. The fourth-order valence-corrected chi connectivity index (χ4v) is 4.84. The number of aromatic nitrogens is 1. The number of anilines is 3. The maximum atomic E-state index is 13.4. The molecule has 3 aromatic rings. The quantitative estimate of drug-likeness (QED) is 0.0593. The number of rotatable bonds is 14. The van der Waals surface area contributed by atoms with Crippen LogP contribution >= 0.6 is 11.9 Å². The number of pyridine rings is 1. The molecule has 6 N–H and O–H groups in total. The monoisotopic (exact) mass is 650 g/mol. The first-order valence-electron chi connectivity index (χ1n) is 15.9. The van der Waals surface area contributed by atoms with Crippen LogP contribution in [0, 0.1) is 6.92 Å². The van der Waals surface area contributed by atoms with E-state index in [4.69, 9.17) is 21.1 Å².